The fraction of sp³-hybridized carbons (Fsp3) is 0.467. The molecule has 0 atom stereocenters. The fourth-order valence-electron chi connectivity index (χ4n) is 2.39. The molecule has 1 aliphatic heterocycles. The molecule has 0 saturated carbocycles. The Labute approximate surface area is 153 Å². The predicted octanol–water partition coefficient (Wildman–Crippen LogP) is 0.981. The number of ether oxygens (including phenoxy) is 2. The minimum Gasteiger partial charge on any atom is -0.456 e. The van der Waals surface area contributed by atoms with Gasteiger partial charge in [0.25, 0.3) is 5.91 Å². The molecule has 150 valence electrons. The highest BCUT2D eigenvalue weighted by Gasteiger charge is 2.32. The van der Waals surface area contributed by atoms with E-state index in [1.54, 1.807) is 0 Å². The van der Waals surface area contributed by atoms with Gasteiger partial charge in [0.15, 0.2) is 6.61 Å². The summed E-state index contributed by atoms with van der Waals surface area (Å²) in [6, 6.07) is 3.88. The lowest BCUT2D eigenvalue weighted by atomic mass is 10.3. The van der Waals surface area contributed by atoms with Crippen LogP contribution in [0.15, 0.2) is 29.2 Å². The monoisotopic (exact) mass is 410 g/mol. The molecule has 0 spiro atoms. The molecule has 1 amide bonds. The summed E-state index contributed by atoms with van der Waals surface area (Å²) >= 11 is 0. The van der Waals surface area contributed by atoms with E-state index < -0.39 is 40.6 Å². The molecule has 8 nitrogen and oxygen atoms in total. The van der Waals surface area contributed by atoms with Gasteiger partial charge < -0.3 is 14.4 Å². The average molecular weight is 410 g/mol. The summed E-state index contributed by atoms with van der Waals surface area (Å²) < 4.78 is 71.1. The molecule has 1 saturated heterocycles. The van der Waals surface area contributed by atoms with Crippen molar-refractivity contribution in [1.29, 1.82) is 0 Å². The fourth-order valence-corrected chi connectivity index (χ4v) is 3.82. The molecule has 2 rings (SSSR count). The van der Waals surface area contributed by atoms with E-state index in [0.717, 1.165) is 28.6 Å². The highest BCUT2D eigenvalue weighted by Crippen LogP contribution is 2.25. The second-order valence-corrected chi connectivity index (χ2v) is 7.52. The molecule has 1 fully saturated rings. The zero-order valence-electron chi connectivity index (χ0n) is 14.2. The second-order valence-electron chi connectivity index (χ2n) is 5.58. The van der Waals surface area contributed by atoms with E-state index in [4.69, 9.17) is 0 Å². The molecule has 0 aromatic heterocycles. The first kappa shape index (κ1) is 21.0. The number of hydrogen-bond donors (Lipinski definition) is 0. The van der Waals surface area contributed by atoms with Gasteiger partial charge in [0.05, 0.1) is 4.90 Å². The molecule has 1 aliphatic rings. The summed E-state index contributed by atoms with van der Waals surface area (Å²) in [5.41, 5.74) is 0. The summed E-state index contributed by atoms with van der Waals surface area (Å²) in [5.74, 6) is -1.55. The molecule has 1 heterocycles. The van der Waals surface area contributed by atoms with Crippen LogP contribution in [0.25, 0.3) is 0 Å². The van der Waals surface area contributed by atoms with E-state index in [-0.39, 0.29) is 31.1 Å². The summed E-state index contributed by atoms with van der Waals surface area (Å²) in [5, 5.41) is 0. The number of esters is 1. The standard InChI is InChI=1S/C15H17F3N2O6S/c1-11(21)25-10-14(22)19-6-8-20(9-7-19)27(23,24)13-4-2-12(3-5-13)26-15(16,17)18/h2-5H,6-10H2,1H3. The molecule has 0 radical (unpaired) electrons. The van der Waals surface area contributed by atoms with Crippen LogP contribution in [-0.4, -0.2) is 68.6 Å². The molecule has 12 heteroatoms. The van der Waals surface area contributed by atoms with Crippen LogP contribution in [0.2, 0.25) is 0 Å². The number of alkyl halides is 3. The third-order valence-corrected chi connectivity index (χ3v) is 5.60. The van der Waals surface area contributed by atoms with Gasteiger partial charge in [0.2, 0.25) is 10.0 Å². The van der Waals surface area contributed by atoms with Crippen LogP contribution in [-0.2, 0) is 24.3 Å². The van der Waals surface area contributed by atoms with Crippen molar-refractivity contribution in [2.24, 2.45) is 0 Å². The molecule has 0 N–H and O–H groups in total. The van der Waals surface area contributed by atoms with Crippen LogP contribution in [0.1, 0.15) is 6.92 Å². The number of piperazine rings is 1. The Hall–Kier alpha value is -2.34. The number of benzene rings is 1. The van der Waals surface area contributed by atoms with E-state index in [1.165, 1.54) is 11.8 Å². The van der Waals surface area contributed by atoms with Crippen molar-refractivity contribution in [3.05, 3.63) is 24.3 Å². The van der Waals surface area contributed by atoms with Gasteiger partial charge in [-0.25, -0.2) is 8.42 Å². The highest BCUT2D eigenvalue weighted by atomic mass is 32.2. The van der Waals surface area contributed by atoms with Crippen LogP contribution in [0.4, 0.5) is 13.2 Å². The van der Waals surface area contributed by atoms with Crippen LogP contribution < -0.4 is 4.74 Å². The summed E-state index contributed by atoms with van der Waals surface area (Å²) in [6.07, 6.45) is -4.87. The normalized spacial score (nSPS) is 16.1. The van der Waals surface area contributed by atoms with Gasteiger partial charge in [0, 0.05) is 33.1 Å². The van der Waals surface area contributed by atoms with Crippen molar-refractivity contribution >= 4 is 21.9 Å². The number of sulfonamides is 1. The van der Waals surface area contributed by atoms with E-state index in [2.05, 4.69) is 9.47 Å². The van der Waals surface area contributed by atoms with Gasteiger partial charge in [0.1, 0.15) is 5.75 Å². The van der Waals surface area contributed by atoms with Gasteiger partial charge in [-0.1, -0.05) is 0 Å². The van der Waals surface area contributed by atoms with Crippen LogP contribution in [0.5, 0.6) is 5.75 Å². The lowest BCUT2D eigenvalue weighted by Crippen LogP contribution is -2.51. The molecule has 27 heavy (non-hydrogen) atoms. The van der Waals surface area contributed by atoms with E-state index >= 15 is 0 Å². The average Bonchev–Trinajstić information content (AvgIpc) is 2.59. The number of carbonyl (C=O) groups excluding carboxylic acids is 2. The number of rotatable bonds is 5. The van der Waals surface area contributed by atoms with Crippen molar-refractivity contribution in [2.75, 3.05) is 32.8 Å². The Bertz CT molecular complexity index is 787. The van der Waals surface area contributed by atoms with Crippen LogP contribution >= 0.6 is 0 Å². The van der Waals surface area contributed by atoms with Crippen molar-refractivity contribution in [2.45, 2.75) is 18.2 Å². The van der Waals surface area contributed by atoms with Gasteiger partial charge >= 0.3 is 12.3 Å². The van der Waals surface area contributed by atoms with Crippen molar-refractivity contribution in [1.82, 2.24) is 9.21 Å². The summed E-state index contributed by atoms with van der Waals surface area (Å²) in [6.45, 7) is 0.985. The predicted molar refractivity (Wildman–Crippen MR) is 85.1 cm³/mol. The molecule has 0 bridgehead atoms. The molecule has 1 aromatic carbocycles. The zero-order valence-corrected chi connectivity index (χ0v) is 15.0. The van der Waals surface area contributed by atoms with E-state index in [1.807, 2.05) is 0 Å². The van der Waals surface area contributed by atoms with Gasteiger partial charge in [-0.2, -0.15) is 4.31 Å². The molecule has 0 aliphatic carbocycles. The van der Waals surface area contributed by atoms with Gasteiger partial charge in [-0.05, 0) is 24.3 Å². The van der Waals surface area contributed by atoms with Crippen LogP contribution in [0.3, 0.4) is 0 Å². The first-order valence-electron chi connectivity index (χ1n) is 7.76. The van der Waals surface area contributed by atoms with Crippen molar-refractivity contribution < 1.29 is 40.7 Å². The quantitative estimate of drug-likeness (QED) is 0.672. The van der Waals surface area contributed by atoms with Crippen molar-refractivity contribution in [3.8, 4) is 5.75 Å². The number of carbonyl (C=O) groups is 2. The number of halogens is 3. The Morgan fingerprint density at radius 2 is 1.63 bits per heavy atom. The number of amides is 1. The second kappa shape index (κ2) is 8.13. The molecular weight excluding hydrogens is 393 g/mol. The lowest BCUT2D eigenvalue weighted by molar-refractivity contribution is -0.274. The maximum absolute atomic E-state index is 12.6. The number of nitrogens with zero attached hydrogens (tertiary/aromatic N) is 2. The maximum atomic E-state index is 12.6. The Balaban J connectivity index is 1.98. The first-order chi connectivity index (χ1) is 12.5. The van der Waals surface area contributed by atoms with E-state index in [0.29, 0.717) is 0 Å². The Morgan fingerprint density at radius 3 is 2.11 bits per heavy atom. The van der Waals surface area contributed by atoms with Crippen LogP contribution in [0, 0.1) is 0 Å². The first-order valence-corrected chi connectivity index (χ1v) is 9.20. The molecular formula is C15H17F3N2O6S. The smallest absolute Gasteiger partial charge is 0.456 e. The minimum absolute atomic E-state index is 0.00888. The summed E-state index contributed by atoms with van der Waals surface area (Å²) in [7, 11) is -3.92. The van der Waals surface area contributed by atoms with E-state index in [9.17, 15) is 31.2 Å². The largest absolute Gasteiger partial charge is 0.573 e. The molecule has 0 unspecified atom stereocenters. The van der Waals surface area contributed by atoms with Gasteiger partial charge in [-0.3, -0.25) is 9.59 Å². The zero-order chi connectivity index (χ0) is 20.2. The van der Waals surface area contributed by atoms with Gasteiger partial charge in [-0.15, -0.1) is 13.2 Å². The number of hydrogen-bond acceptors (Lipinski definition) is 6. The Kier molecular flexibility index (Phi) is 6.31. The minimum atomic E-state index is -4.87. The third kappa shape index (κ3) is 5.82. The highest BCUT2D eigenvalue weighted by molar-refractivity contribution is 7.89. The summed E-state index contributed by atoms with van der Waals surface area (Å²) in [4.78, 5) is 23.8. The SMILES string of the molecule is CC(=O)OCC(=O)N1CCN(S(=O)(=O)c2ccc(OC(F)(F)F)cc2)CC1. The van der Waals surface area contributed by atoms with Crippen molar-refractivity contribution in [3.63, 3.8) is 0 Å². The maximum Gasteiger partial charge on any atom is 0.573 e. The lowest BCUT2D eigenvalue weighted by Gasteiger charge is -2.33. The topological polar surface area (TPSA) is 93.2 Å². The Morgan fingerprint density at radius 1 is 1.07 bits per heavy atom. The third-order valence-electron chi connectivity index (χ3n) is 3.69. The molecule has 1 aromatic rings.